The normalized spacial score (nSPS) is 10.9. The van der Waals surface area contributed by atoms with Crippen molar-refractivity contribution >= 4 is 22.6 Å². The van der Waals surface area contributed by atoms with Crippen LogP contribution in [0.25, 0.3) is 16.7 Å². The maximum absolute atomic E-state index is 6.34. The van der Waals surface area contributed by atoms with Crippen LogP contribution in [-0.4, -0.2) is 14.1 Å². The molecule has 0 saturated carbocycles. The number of nitrogens with zero attached hydrogens (tertiary/aromatic N) is 4. The molecule has 26 heavy (non-hydrogen) atoms. The third kappa shape index (κ3) is 3.38. The SMILES string of the molecule is Cc1cc(C)c(-n2cc[n+](Cn3c(Cl)nc4ccccc43)c2)c(C)c1.[I-]. The van der Waals surface area contributed by atoms with E-state index in [0.717, 1.165) is 11.0 Å². The first-order valence-corrected chi connectivity index (χ1v) is 8.67. The quantitative estimate of drug-likeness (QED) is 0.321. The van der Waals surface area contributed by atoms with Gasteiger partial charge in [0.05, 0.1) is 11.0 Å². The number of para-hydroxylation sites is 2. The van der Waals surface area contributed by atoms with Gasteiger partial charge in [0.25, 0.3) is 0 Å². The first-order chi connectivity index (χ1) is 12.0. The smallest absolute Gasteiger partial charge is 0.250 e. The van der Waals surface area contributed by atoms with E-state index in [2.05, 4.69) is 65.7 Å². The summed E-state index contributed by atoms with van der Waals surface area (Å²) >= 11 is 6.34. The van der Waals surface area contributed by atoms with Gasteiger partial charge >= 0.3 is 0 Å². The molecule has 0 bridgehead atoms. The van der Waals surface area contributed by atoms with Gasteiger partial charge in [-0.2, -0.15) is 0 Å². The van der Waals surface area contributed by atoms with E-state index < -0.39 is 0 Å². The summed E-state index contributed by atoms with van der Waals surface area (Å²) in [5.74, 6) is 0. The molecule has 0 N–H and O–H groups in total. The Morgan fingerprint density at radius 3 is 2.50 bits per heavy atom. The van der Waals surface area contributed by atoms with Crippen molar-refractivity contribution in [2.45, 2.75) is 27.4 Å². The van der Waals surface area contributed by atoms with Crippen molar-refractivity contribution in [2.75, 3.05) is 0 Å². The van der Waals surface area contributed by atoms with Crippen molar-refractivity contribution in [3.63, 3.8) is 0 Å². The first-order valence-electron chi connectivity index (χ1n) is 8.29. The molecular weight excluding hydrogens is 459 g/mol. The van der Waals surface area contributed by atoms with Crippen LogP contribution in [0.1, 0.15) is 16.7 Å². The second kappa shape index (κ2) is 7.40. The molecule has 0 radical (unpaired) electrons. The minimum Gasteiger partial charge on any atom is -1.00 e. The summed E-state index contributed by atoms with van der Waals surface area (Å²) in [6.07, 6.45) is 6.23. The summed E-state index contributed by atoms with van der Waals surface area (Å²) in [7, 11) is 0. The van der Waals surface area contributed by atoms with Gasteiger partial charge in [0.1, 0.15) is 18.1 Å². The highest BCUT2D eigenvalue weighted by Gasteiger charge is 2.15. The van der Waals surface area contributed by atoms with Crippen molar-refractivity contribution in [2.24, 2.45) is 0 Å². The number of hydrogen-bond acceptors (Lipinski definition) is 1. The Balaban J connectivity index is 0.00000196. The average Bonchev–Trinajstić information content (AvgIpc) is 3.12. The van der Waals surface area contributed by atoms with Crippen molar-refractivity contribution in [3.05, 3.63) is 77.1 Å². The third-order valence-electron chi connectivity index (χ3n) is 4.50. The lowest BCUT2D eigenvalue weighted by molar-refractivity contribution is -0.700. The maximum Gasteiger partial charge on any atom is 0.250 e. The number of hydrogen-bond donors (Lipinski definition) is 0. The molecule has 0 atom stereocenters. The largest absolute Gasteiger partial charge is 1.00 e. The number of halogens is 2. The summed E-state index contributed by atoms with van der Waals surface area (Å²) < 4.78 is 6.28. The van der Waals surface area contributed by atoms with E-state index in [1.54, 1.807) is 0 Å². The van der Waals surface area contributed by atoms with E-state index >= 15 is 0 Å². The standard InChI is InChI=1S/C20H20ClN4.HI/c1-14-10-15(2)19(16(3)11-14)24-9-8-23(12-24)13-25-18-7-5-4-6-17(18)22-20(25)21;/h4-12H,13H2,1-3H3;1H/q+1;/p-1. The van der Waals surface area contributed by atoms with E-state index in [-0.39, 0.29) is 24.0 Å². The summed E-state index contributed by atoms with van der Waals surface area (Å²) in [5.41, 5.74) is 7.01. The van der Waals surface area contributed by atoms with Crippen molar-refractivity contribution in [3.8, 4) is 5.69 Å². The van der Waals surface area contributed by atoms with Crippen LogP contribution in [0.2, 0.25) is 5.28 Å². The fraction of sp³-hybridized carbons (Fsp3) is 0.200. The van der Waals surface area contributed by atoms with Crippen LogP contribution in [0.4, 0.5) is 0 Å². The molecule has 2 aromatic carbocycles. The van der Waals surface area contributed by atoms with Gasteiger partial charge in [0.2, 0.25) is 11.6 Å². The zero-order valence-electron chi connectivity index (χ0n) is 14.9. The minimum absolute atomic E-state index is 0. The van der Waals surface area contributed by atoms with Gasteiger partial charge in [0.15, 0.2) is 6.67 Å². The summed E-state index contributed by atoms with van der Waals surface area (Å²) in [6.45, 7) is 7.06. The molecule has 4 rings (SSSR count). The third-order valence-corrected chi connectivity index (χ3v) is 4.79. The molecule has 2 aromatic heterocycles. The van der Waals surface area contributed by atoms with Gasteiger partial charge in [0, 0.05) is 0 Å². The molecule has 4 nitrogen and oxygen atoms in total. The van der Waals surface area contributed by atoms with E-state index in [9.17, 15) is 0 Å². The molecular formula is C20H20ClIN4. The fourth-order valence-electron chi connectivity index (χ4n) is 3.53. The number of rotatable bonds is 3. The Morgan fingerprint density at radius 1 is 1.08 bits per heavy atom. The summed E-state index contributed by atoms with van der Waals surface area (Å²) in [4.78, 5) is 4.42. The molecule has 0 spiro atoms. The van der Waals surface area contributed by atoms with Crippen LogP contribution in [0.5, 0.6) is 0 Å². The molecule has 0 aliphatic heterocycles. The van der Waals surface area contributed by atoms with Crippen LogP contribution in [0, 0.1) is 20.8 Å². The zero-order chi connectivity index (χ0) is 17.6. The van der Waals surface area contributed by atoms with Crippen molar-refractivity contribution in [1.29, 1.82) is 0 Å². The highest BCUT2D eigenvalue weighted by atomic mass is 127. The number of aromatic nitrogens is 4. The lowest BCUT2D eigenvalue weighted by atomic mass is 10.1. The van der Waals surface area contributed by atoms with E-state index in [4.69, 9.17) is 11.6 Å². The fourth-order valence-corrected chi connectivity index (χ4v) is 3.77. The Kier molecular flexibility index (Phi) is 5.39. The van der Waals surface area contributed by atoms with Gasteiger partial charge in [-0.1, -0.05) is 29.8 Å². The van der Waals surface area contributed by atoms with E-state index in [1.807, 2.05) is 28.8 Å². The molecule has 6 heteroatoms. The van der Waals surface area contributed by atoms with E-state index in [0.29, 0.717) is 12.0 Å². The number of aryl methyl sites for hydroxylation is 3. The van der Waals surface area contributed by atoms with Crippen LogP contribution < -0.4 is 28.5 Å². The lowest BCUT2D eigenvalue weighted by Crippen LogP contribution is -3.00. The Morgan fingerprint density at radius 2 is 1.77 bits per heavy atom. The molecule has 0 aliphatic rings. The number of benzene rings is 2. The highest BCUT2D eigenvalue weighted by Crippen LogP contribution is 2.21. The second-order valence-corrected chi connectivity index (χ2v) is 6.86. The van der Waals surface area contributed by atoms with Gasteiger partial charge in [-0.05, 0) is 55.6 Å². The predicted molar refractivity (Wildman–Crippen MR) is 100 cm³/mol. The second-order valence-electron chi connectivity index (χ2n) is 6.52. The zero-order valence-corrected chi connectivity index (χ0v) is 17.9. The topological polar surface area (TPSA) is 26.6 Å². The van der Waals surface area contributed by atoms with Gasteiger partial charge < -0.3 is 24.0 Å². The number of imidazole rings is 2. The Bertz CT molecular complexity index is 1060. The molecule has 0 saturated heterocycles. The molecule has 134 valence electrons. The van der Waals surface area contributed by atoms with Crippen molar-refractivity contribution < 1.29 is 28.5 Å². The minimum atomic E-state index is 0. The average molecular weight is 479 g/mol. The molecule has 0 unspecified atom stereocenters. The number of fused-ring (bicyclic) bond motifs is 1. The highest BCUT2D eigenvalue weighted by molar-refractivity contribution is 6.29. The van der Waals surface area contributed by atoms with Crippen molar-refractivity contribution in [1.82, 2.24) is 14.1 Å². The van der Waals surface area contributed by atoms with Gasteiger partial charge in [-0.25, -0.2) is 14.1 Å². The monoisotopic (exact) mass is 478 g/mol. The summed E-state index contributed by atoms with van der Waals surface area (Å²) in [6, 6.07) is 12.4. The maximum atomic E-state index is 6.34. The van der Waals surface area contributed by atoms with E-state index in [1.165, 1.54) is 22.4 Å². The summed E-state index contributed by atoms with van der Waals surface area (Å²) in [5, 5.41) is 0.504. The van der Waals surface area contributed by atoms with Crippen LogP contribution in [-0.2, 0) is 6.67 Å². The molecule has 2 heterocycles. The predicted octanol–water partition coefficient (Wildman–Crippen LogP) is 1.20. The molecule has 0 aliphatic carbocycles. The van der Waals surface area contributed by atoms with Gasteiger partial charge in [-0.15, -0.1) is 0 Å². The van der Waals surface area contributed by atoms with Crippen LogP contribution >= 0.6 is 11.6 Å². The van der Waals surface area contributed by atoms with Crippen LogP contribution in [0.15, 0.2) is 55.1 Å². The lowest BCUT2D eigenvalue weighted by Gasteiger charge is -2.07. The molecule has 4 aromatic rings. The van der Waals surface area contributed by atoms with Gasteiger partial charge in [-0.3, -0.25) is 4.57 Å². The Hall–Kier alpha value is -1.86. The first kappa shape index (κ1) is 18.9. The van der Waals surface area contributed by atoms with Crippen LogP contribution in [0.3, 0.4) is 0 Å². The molecule has 0 fully saturated rings. The molecule has 0 amide bonds. The Labute approximate surface area is 175 Å².